The van der Waals surface area contributed by atoms with Gasteiger partial charge in [0.2, 0.25) is 5.43 Å². The summed E-state index contributed by atoms with van der Waals surface area (Å²) in [5.41, 5.74) is 6.31. The summed E-state index contributed by atoms with van der Waals surface area (Å²) in [5, 5.41) is 9.94. The summed E-state index contributed by atoms with van der Waals surface area (Å²) in [6, 6.07) is 10.6. The van der Waals surface area contributed by atoms with E-state index >= 15 is 0 Å². The molecule has 2 aliphatic rings. The van der Waals surface area contributed by atoms with Crippen molar-refractivity contribution in [2.75, 3.05) is 7.05 Å². The molecule has 5 nitrogen and oxygen atoms in total. The summed E-state index contributed by atoms with van der Waals surface area (Å²) >= 11 is 0. The van der Waals surface area contributed by atoms with Crippen LogP contribution in [-0.4, -0.2) is 27.6 Å². The highest BCUT2D eigenvalue weighted by molar-refractivity contribution is 5.95. The highest BCUT2D eigenvalue weighted by Crippen LogP contribution is 2.39. The number of rotatable bonds is 3. The molecule has 5 heteroatoms. The Kier molecular flexibility index (Phi) is 3.71. The molecule has 0 spiro atoms. The smallest absolute Gasteiger partial charge is 0.341 e. The van der Waals surface area contributed by atoms with Gasteiger partial charge >= 0.3 is 5.97 Å². The van der Waals surface area contributed by atoms with Gasteiger partial charge in [-0.1, -0.05) is 18.2 Å². The minimum atomic E-state index is -1.16. The van der Waals surface area contributed by atoms with Crippen molar-refractivity contribution < 1.29 is 9.90 Å². The zero-order chi connectivity index (χ0) is 19.6. The molecule has 28 heavy (non-hydrogen) atoms. The molecular formula is C23H22N2O3. The first kappa shape index (κ1) is 17.2. The molecule has 1 aromatic heterocycles. The number of carboxylic acid groups (broad SMARTS) is 1. The third kappa shape index (κ3) is 2.58. The SMILES string of the molecule is Cc1c(-c2ccc3c(c2)CN(C)C3)ccc2c(=O)c(C(=O)O)cn(C3CC3)c12. The molecular weight excluding hydrogens is 352 g/mol. The summed E-state index contributed by atoms with van der Waals surface area (Å²) in [6.45, 7) is 3.96. The van der Waals surface area contributed by atoms with Gasteiger partial charge in [-0.05, 0) is 66.8 Å². The maximum absolute atomic E-state index is 12.8. The summed E-state index contributed by atoms with van der Waals surface area (Å²) in [6.07, 6.45) is 3.58. The number of aryl methyl sites for hydroxylation is 1. The Balaban J connectivity index is 1.75. The minimum absolute atomic E-state index is 0.146. The van der Waals surface area contributed by atoms with Crippen molar-refractivity contribution in [2.45, 2.75) is 38.9 Å². The predicted molar refractivity (Wildman–Crippen MR) is 109 cm³/mol. The van der Waals surface area contributed by atoms with Crippen molar-refractivity contribution in [3.63, 3.8) is 0 Å². The minimum Gasteiger partial charge on any atom is -0.477 e. The molecule has 1 aliphatic carbocycles. The number of aromatic nitrogens is 1. The molecule has 142 valence electrons. The van der Waals surface area contributed by atoms with Gasteiger partial charge < -0.3 is 9.67 Å². The zero-order valence-electron chi connectivity index (χ0n) is 16.0. The highest BCUT2D eigenvalue weighted by Gasteiger charge is 2.28. The van der Waals surface area contributed by atoms with E-state index in [0.29, 0.717) is 5.39 Å². The van der Waals surface area contributed by atoms with Gasteiger partial charge in [0.1, 0.15) is 5.56 Å². The van der Waals surface area contributed by atoms with Gasteiger partial charge in [-0.15, -0.1) is 0 Å². The molecule has 0 saturated heterocycles. The van der Waals surface area contributed by atoms with Crippen LogP contribution < -0.4 is 5.43 Å². The van der Waals surface area contributed by atoms with Crippen molar-refractivity contribution >= 4 is 16.9 Å². The Morgan fingerprint density at radius 3 is 2.57 bits per heavy atom. The van der Waals surface area contributed by atoms with Crippen LogP contribution in [0.4, 0.5) is 0 Å². The van der Waals surface area contributed by atoms with Gasteiger partial charge in [-0.25, -0.2) is 4.79 Å². The van der Waals surface area contributed by atoms with Gasteiger partial charge in [0.15, 0.2) is 0 Å². The zero-order valence-corrected chi connectivity index (χ0v) is 16.0. The first-order chi connectivity index (χ1) is 13.4. The number of pyridine rings is 1. The van der Waals surface area contributed by atoms with E-state index in [1.54, 1.807) is 12.3 Å². The molecule has 0 radical (unpaired) electrons. The molecule has 5 rings (SSSR count). The van der Waals surface area contributed by atoms with Gasteiger partial charge in [-0.3, -0.25) is 9.69 Å². The Morgan fingerprint density at radius 2 is 1.86 bits per heavy atom. The van der Waals surface area contributed by atoms with Crippen LogP contribution in [0.2, 0.25) is 0 Å². The van der Waals surface area contributed by atoms with Gasteiger partial charge in [0.05, 0.1) is 5.52 Å². The van der Waals surface area contributed by atoms with E-state index in [-0.39, 0.29) is 11.6 Å². The third-order valence-electron chi connectivity index (χ3n) is 6.02. The normalized spacial score (nSPS) is 16.5. The fraction of sp³-hybridized carbons (Fsp3) is 0.304. The molecule has 1 fully saturated rings. The lowest BCUT2D eigenvalue weighted by molar-refractivity contribution is 0.0695. The van der Waals surface area contributed by atoms with Crippen molar-refractivity contribution in [1.29, 1.82) is 0 Å². The molecule has 0 unspecified atom stereocenters. The van der Waals surface area contributed by atoms with Crippen molar-refractivity contribution in [3.05, 3.63) is 69.0 Å². The number of hydrogen-bond acceptors (Lipinski definition) is 3. The van der Waals surface area contributed by atoms with E-state index in [4.69, 9.17) is 0 Å². The Morgan fingerprint density at radius 1 is 1.11 bits per heavy atom. The Bertz CT molecular complexity index is 1200. The highest BCUT2D eigenvalue weighted by atomic mass is 16.4. The Labute approximate surface area is 162 Å². The predicted octanol–water partition coefficient (Wildman–Crippen LogP) is 3.96. The van der Waals surface area contributed by atoms with Crippen LogP contribution in [0, 0.1) is 6.92 Å². The number of carbonyl (C=O) groups is 1. The second-order valence-electron chi connectivity index (χ2n) is 8.11. The second-order valence-corrected chi connectivity index (χ2v) is 8.11. The number of benzene rings is 2. The molecule has 0 bridgehead atoms. The molecule has 0 atom stereocenters. The lowest BCUT2D eigenvalue weighted by atomic mass is 9.94. The van der Waals surface area contributed by atoms with Crippen LogP contribution >= 0.6 is 0 Å². The first-order valence-electron chi connectivity index (χ1n) is 9.66. The maximum atomic E-state index is 12.8. The van der Waals surface area contributed by atoms with Crippen LogP contribution in [0.3, 0.4) is 0 Å². The van der Waals surface area contributed by atoms with Crippen LogP contribution in [0.1, 0.15) is 45.9 Å². The van der Waals surface area contributed by atoms with Crippen LogP contribution in [0.15, 0.2) is 41.3 Å². The van der Waals surface area contributed by atoms with E-state index in [1.807, 2.05) is 17.6 Å². The van der Waals surface area contributed by atoms with E-state index in [2.05, 4.69) is 30.1 Å². The summed E-state index contributed by atoms with van der Waals surface area (Å²) in [7, 11) is 2.12. The first-order valence-corrected chi connectivity index (χ1v) is 9.66. The molecule has 1 saturated carbocycles. The molecule has 2 aromatic carbocycles. The van der Waals surface area contributed by atoms with E-state index in [0.717, 1.165) is 48.1 Å². The molecule has 2 heterocycles. The van der Waals surface area contributed by atoms with Gasteiger partial charge in [-0.2, -0.15) is 0 Å². The number of nitrogens with zero attached hydrogens (tertiary/aromatic N) is 2. The van der Waals surface area contributed by atoms with Crippen molar-refractivity contribution in [2.24, 2.45) is 0 Å². The van der Waals surface area contributed by atoms with Crippen molar-refractivity contribution in [3.8, 4) is 11.1 Å². The Hall–Kier alpha value is -2.92. The summed E-state index contributed by atoms with van der Waals surface area (Å²) in [4.78, 5) is 26.6. The summed E-state index contributed by atoms with van der Waals surface area (Å²) < 4.78 is 2.01. The molecule has 3 aromatic rings. The van der Waals surface area contributed by atoms with Crippen LogP contribution in [0.5, 0.6) is 0 Å². The maximum Gasteiger partial charge on any atom is 0.341 e. The number of aromatic carboxylic acids is 1. The number of carboxylic acids is 1. The topological polar surface area (TPSA) is 62.5 Å². The van der Waals surface area contributed by atoms with E-state index < -0.39 is 11.4 Å². The van der Waals surface area contributed by atoms with Gasteiger partial charge in [0, 0.05) is 30.7 Å². The van der Waals surface area contributed by atoms with E-state index in [1.165, 1.54) is 11.1 Å². The number of hydrogen-bond donors (Lipinski definition) is 1. The fourth-order valence-electron chi connectivity index (χ4n) is 4.46. The van der Waals surface area contributed by atoms with Crippen LogP contribution in [0.25, 0.3) is 22.0 Å². The second kappa shape index (κ2) is 6.04. The average Bonchev–Trinajstić information content (AvgIpc) is 3.42. The fourth-order valence-corrected chi connectivity index (χ4v) is 4.46. The molecule has 0 amide bonds. The largest absolute Gasteiger partial charge is 0.477 e. The van der Waals surface area contributed by atoms with Gasteiger partial charge in [0.25, 0.3) is 0 Å². The third-order valence-corrected chi connectivity index (χ3v) is 6.02. The number of fused-ring (bicyclic) bond motifs is 2. The monoisotopic (exact) mass is 374 g/mol. The quantitative estimate of drug-likeness (QED) is 0.754. The average molecular weight is 374 g/mol. The molecule has 1 N–H and O–H groups in total. The van der Waals surface area contributed by atoms with E-state index in [9.17, 15) is 14.7 Å². The summed E-state index contributed by atoms with van der Waals surface area (Å²) in [5.74, 6) is -1.16. The lowest BCUT2D eigenvalue weighted by Gasteiger charge is -2.17. The lowest BCUT2D eigenvalue weighted by Crippen LogP contribution is -2.19. The molecule has 1 aliphatic heterocycles. The van der Waals surface area contributed by atoms with Crippen molar-refractivity contribution in [1.82, 2.24) is 9.47 Å². The van der Waals surface area contributed by atoms with Crippen LogP contribution in [-0.2, 0) is 13.1 Å². The standard InChI is InChI=1S/C23H22N2O3/c1-13-18(14-3-4-15-10-24(2)11-16(15)9-14)7-8-19-21(13)25(17-5-6-17)12-20(22(19)26)23(27)28/h3-4,7-9,12,17H,5-6,10-11H2,1-2H3,(H,27,28).